The molecular weight excluding hydrogens is 440 g/mol. The number of hydrogen-bond acceptors (Lipinski definition) is 6. The van der Waals surface area contributed by atoms with Gasteiger partial charge in [-0.3, -0.25) is 4.79 Å². The van der Waals surface area contributed by atoms with Gasteiger partial charge in [-0.25, -0.2) is 28.1 Å². The molecule has 0 fully saturated rings. The van der Waals surface area contributed by atoms with Crippen LogP contribution in [0.4, 0.5) is 0 Å². The zero-order valence-corrected chi connectivity index (χ0v) is 19.5. The minimum atomic E-state index is -0.873. The molecule has 182 valence electrons. The van der Waals surface area contributed by atoms with Crippen molar-refractivity contribution in [2.45, 2.75) is 45.9 Å². The summed E-state index contributed by atoms with van der Waals surface area (Å²) in [6, 6.07) is 5.08. The predicted octanol–water partition coefficient (Wildman–Crippen LogP) is 1.22. The van der Waals surface area contributed by atoms with Gasteiger partial charge in [0.2, 0.25) is 5.91 Å². The van der Waals surface area contributed by atoms with E-state index >= 15 is 0 Å². The molecule has 34 heavy (non-hydrogen) atoms. The first-order valence-corrected chi connectivity index (χ1v) is 11.1. The molecule has 10 heteroatoms. The molecule has 1 aliphatic heterocycles. The van der Waals surface area contributed by atoms with E-state index < -0.39 is 35.6 Å². The Hall–Kier alpha value is -3.82. The zero-order valence-electron chi connectivity index (χ0n) is 19.5. The number of benzene rings is 1. The fourth-order valence-electron chi connectivity index (χ4n) is 3.76. The molecular formula is C24H30N4O6. The molecule has 3 rings (SSSR count). The molecule has 1 aliphatic rings. The van der Waals surface area contributed by atoms with Crippen LogP contribution in [0, 0.1) is 5.92 Å². The van der Waals surface area contributed by atoms with Crippen LogP contribution >= 0.6 is 0 Å². The fraction of sp³-hybridized carbons (Fsp3) is 0.417. The van der Waals surface area contributed by atoms with Crippen molar-refractivity contribution in [3.8, 4) is 11.5 Å². The van der Waals surface area contributed by atoms with Gasteiger partial charge in [0.05, 0.1) is 32.3 Å². The maximum atomic E-state index is 13.0. The van der Waals surface area contributed by atoms with Crippen molar-refractivity contribution >= 4 is 5.91 Å². The SMILES string of the molecule is C=CCn1c(=O)n(CC=C)c(=O)n(CC(=O)NC(c2ccc3c(c2)OCCCO3)C(C)C)c1=O. The molecule has 0 spiro atoms. The van der Waals surface area contributed by atoms with Crippen molar-refractivity contribution in [1.82, 2.24) is 19.0 Å². The molecule has 2 heterocycles. The van der Waals surface area contributed by atoms with E-state index in [9.17, 15) is 19.2 Å². The van der Waals surface area contributed by atoms with Gasteiger partial charge in [0, 0.05) is 6.42 Å². The number of nitrogens with zero attached hydrogens (tertiary/aromatic N) is 3. The van der Waals surface area contributed by atoms with Crippen LogP contribution in [-0.4, -0.2) is 32.8 Å². The fourth-order valence-corrected chi connectivity index (χ4v) is 3.76. The topological polar surface area (TPSA) is 114 Å². The van der Waals surface area contributed by atoms with Gasteiger partial charge < -0.3 is 14.8 Å². The van der Waals surface area contributed by atoms with Crippen molar-refractivity contribution in [2.75, 3.05) is 13.2 Å². The van der Waals surface area contributed by atoms with Crippen LogP contribution < -0.4 is 31.9 Å². The molecule has 10 nitrogen and oxygen atoms in total. The molecule has 1 amide bonds. The van der Waals surface area contributed by atoms with E-state index in [1.54, 1.807) is 6.07 Å². The summed E-state index contributed by atoms with van der Waals surface area (Å²) in [4.78, 5) is 51.1. The van der Waals surface area contributed by atoms with E-state index in [0.29, 0.717) is 24.7 Å². The van der Waals surface area contributed by atoms with E-state index in [1.807, 2.05) is 26.0 Å². The van der Waals surface area contributed by atoms with Crippen molar-refractivity contribution in [1.29, 1.82) is 0 Å². The third-order valence-electron chi connectivity index (χ3n) is 5.42. The summed E-state index contributed by atoms with van der Waals surface area (Å²) in [7, 11) is 0. The number of aromatic nitrogens is 3. The first-order valence-electron chi connectivity index (χ1n) is 11.1. The summed E-state index contributed by atoms with van der Waals surface area (Å²) in [5.41, 5.74) is -1.72. The quantitative estimate of drug-likeness (QED) is 0.552. The summed E-state index contributed by atoms with van der Waals surface area (Å²) in [5, 5.41) is 2.90. The largest absolute Gasteiger partial charge is 0.490 e. The van der Waals surface area contributed by atoms with Gasteiger partial charge in [-0.2, -0.15) is 0 Å². The van der Waals surface area contributed by atoms with Gasteiger partial charge in [0.25, 0.3) is 0 Å². The summed E-state index contributed by atoms with van der Waals surface area (Å²) in [5.74, 6) is 0.709. The predicted molar refractivity (Wildman–Crippen MR) is 127 cm³/mol. The lowest BCUT2D eigenvalue weighted by Crippen LogP contribution is -2.55. The maximum absolute atomic E-state index is 13.0. The molecule has 1 atom stereocenters. The minimum Gasteiger partial charge on any atom is -0.490 e. The summed E-state index contributed by atoms with van der Waals surface area (Å²) in [6.45, 7) is 11.4. The lowest BCUT2D eigenvalue weighted by atomic mass is 9.95. The second-order valence-electron chi connectivity index (χ2n) is 8.28. The Bertz CT molecular complexity index is 1210. The Morgan fingerprint density at radius 2 is 1.53 bits per heavy atom. The Kier molecular flexibility index (Phi) is 7.93. The first-order chi connectivity index (χ1) is 16.3. The zero-order chi connectivity index (χ0) is 24.8. The number of hydrogen-bond donors (Lipinski definition) is 1. The molecule has 1 unspecified atom stereocenters. The standard InChI is InChI=1S/C24H30N4O6/c1-5-10-26-22(30)27(11-6-2)24(32)28(23(26)31)15-20(29)25-21(16(3)4)17-8-9-18-19(14-17)34-13-7-12-33-18/h5-6,8-9,14,16,21H,1-2,7,10-13,15H2,3-4H3,(H,25,29). The molecule has 0 bridgehead atoms. The lowest BCUT2D eigenvalue weighted by Gasteiger charge is -2.24. The van der Waals surface area contributed by atoms with Gasteiger partial charge in [0.15, 0.2) is 11.5 Å². The van der Waals surface area contributed by atoms with Crippen LogP contribution in [0.2, 0.25) is 0 Å². The third kappa shape index (κ3) is 5.22. The van der Waals surface area contributed by atoms with Crippen LogP contribution in [0.3, 0.4) is 0 Å². The molecule has 0 aliphatic carbocycles. The number of rotatable bonds is 9. The van der Waals surface area contributed by atoms with Crippen LogP contribution in [0.15, 0.2) is 57.9 Å². The third-order valence-corrected chi connectivity index (χ3v) is 5.42. The second kappa shape index (κ2) is 10.9. The number of carbonyl (C=O) groups excluding carboxylic acids is 1. The number of fused-ring (bicyclic) bond motifs is 1. The number of ether oxygens (including phenoxy) is 2. The summed E-state index contributed by atoms with van der Waals surface area (Å²) < 4.78 is 13.9. The number of amides is 1. The van der Waals surface area contributed by atoms with Crippen molar-refractivity contribution in [3.63, 3.8) is 0 Å². The maximum Gasteiger partial charge on any atom is 0.337 e. The second-order valence-corrected chi connectivity index (χ2v) is 8.28. The van der Waals surface area contributed by atoms with Crippen molar-refractivity contribution in [2.24, 2.45) is 5.92 Å². The summed E-state index contributed by atoms with van der Waals surface area (Å²) in [6.07, 6.45) is 3.52. The minimum absolute atomic E-state index is 0.00226. The highest BCUT2D eigenvalue weighted by atomic mass is 16.5. The van der Waals surface area contributed by atoms with Crippen LogP contribution in [-0.2, 0) is 24.4 Å². The number of carbonyl (C=O) groups is 1. The molecule has 0 radical (unpaired) electrons. The van der Waals surface area contributed by atoms with Crippen LogP contribution in [0.5, 0.6) is 11.5 Å². The Labute approximate surface area is 196 Å². The molecule has 1 aromatic heterocycles. The van der Waals surface area contributed by atoms with Gasteiger partial charge in [-0.15, -0.1) is 13.2 Å². The highest BCUT2D eigenvalue weighted by Gasteiger charge is 2.23. The number of nitrogens with one attached hydrogen (secondary N) is 1. The molecule has 1 N–H and O–H groups in total. The van der Waals surface area contributed by atoms with Crippen molar-refractivity contribution < 1.29 is 14.3 Å². The highest BCUT2D eigenvalue weighted by molar-refractivity contribution is 5.76. The Morgan fingerprint density at radius 3 is 2.09 bits per heavy atom. The van der Waals surface area contributed by atoms with Crippen molar-refractivity contribution in [3.05, 3.63) is 80.5 Å². The van der Waals surface area contributed by atoms with Gasteiger partial charge in [0.1, 0.15) is 6.54 Å². The van der Waals surface area contributed by atoms with Gasteiger partial charge in [-0.05, 0) is 23.6 Å². The number of allylic oxidation sites excluding steroid dienone is 2. The van der Waals surface area contributed by atoms with E-state index in [0.717, 1.165) is 25.7 Å². The molecule has 0 saturated carbocycles. The monoisotopic (exact) mass is 470 g/mol. The average Bonchev–Trinajstić information content (AvgIpc) is 3.05. The van der Waals surface area contributed by atoms with Gasteiger partial charge >= 0.3 is 17.1 Å². The normalized spacial score (nSPS) is 13.7. The van der Waals surface area contributed by atoms with Gasteiger partial charge in [-0.1, -0.05) is 32.1 Å². The molecule has 2 aromatic rings. The Morgan fingerprint density at radius 1 is 0.971 bits per heavy atom. The lowest BCUT2D eigenvalue weighted by molar-refractivity contribution is -0.122. The Balaban J connectivity index is 1.92. The van der Waals surface area contributed by atoms with E-state index in [-0.39, 0.29) is 19.0 Å². The first kappa shape index (κ1) is 24.8. The summed E-state index contributed by atoms with van der Waals surface area (Å²) >= 11 is 0. The highest BCUT2D eigenvalue weighted by Crippen LogP contribution is 2.34. The molecule has 1 aromatic carbocycles. The van der Waals surface area contributed by atoms with Crippen LogP contribution in [0.1, 0.15) is 31.9 Å². The smallest absolute Gasteiger partial charge is 0.337 e. The van der Waals surface area contributed by atoms with Crippen LogP contribution in [0.25, 0.3) is 0 Å². The van der Waals surface area contributed by atoms with E-state index in [4.69, 9.17) is 9.47 Å². The van der Waals surface area contributed by atoms with E-state index in [2.05, 4.69) is 18.5 Å². The van der Waals surface area contributed by atoms with E-state index in [1.165, 1.54) is 12.2 Å². The average molecular weight is 471 g/mol. The molecule has 0 saturated heterocycles.